The van der Waals surface area contributed by atoms with Gasteiger partial charge in [-0.25, -0.2) is 15.0 Å². The van der Waals surface area contributed by atoms with Crippen LogP contribution in [0.25, 0.3) is 17.0 Å². The van der Waals surface area contributed by atoms with E-state index in [-0.39, 0.29) is 0 Å². The fraction of sp³-hybridized carbons (Fsp3) is 0.200. The van der Waals surface area contributed by atoms with Crippen molar-refractivity contribution in [3.8, 4) is 17.5 Å². The van der Waals surface area contributed by atoms with Crippen LogP contribution < -0.4 is 0 Å². The highest BCUT2D eigenvalue weighted by Crippen LogP contribution is 2.27. The number of hydrogen-bond donors (Lipinski definition) is 0. The lowest BCUT2D eigenvalue weighted by atomic mass is 10.2. The van der Waals surface area contributed by atoms with Gasteiger partial charge in [-0.05, 0) is 40.2 Å². The molecule has 0 saturated carbocycles. The largest absolute Gasteiger partial charge is 0.297 e. The zero-order valence-corrected chi connectivity index (χ0v) is 14.4. The number of halogens is 1. The van der Waals surface area contributed by atoms with Crippen LogP contribution in [0.1, 0.15) is 18.1 Å². The van der Waals surface area contributed by atoms with E-state index in [1.807, 2.05) is 16.9 Å². The minimum atomic E-state index is 0.442. The fourth-order valence-corrected chi connectivity index (χ4v) is 3.12. The number of imidazole rings is 1. The Bertz CT molecular complexity index is 897. The first-order chi connectivity index (χ1) is 10.7. The Morgan fingerprint density at radius 3 is 2.86 bits per heavy atom. The molecule has 0 aliphatic rings. The molecule has 7 heteroatoms. The van der Waals surface area contributed by atoms with Gasteiger partial charge in [-0.1, -0.05) is 18.7 Å². The minimum absolute atomic E-state index is 0.442. The van der Waals surface area contributed by atoms with Crippen LogP contribution in [-0.4, -0.2) is 25.6 Å². The van der Waals surface area contributed by atoms with E-state index in [4.69, 9.17) is 0 Å². The predicted molar refractivity (Wildman–Crippen MR) is 89.8 cm³/mol. The average Bonchev–Trinajstić information content (AvgIpc) is 2.96. The van der Waals surface area contributed by atoms with Crippen molar-refractivity contribution >= 4 is 33.3 Å². The molecular weight excluding hydrogens is 362 g/mol. The molecule has 0 radical (unpaired) electrons. The second-order valence-electron chi connectivity index (χ2n) is 4.60. The van der Waals surface area contributed by atoms with Crippen LogP contribution in [0.5, 0.6) is 0 Å². The summed E-state index contributed by atoms with van der Waals surface area (Å²) < 4.78 is 2.93. The summed E-state index contributed by atoms with van der Waals surface area (Å²) >= 11 is 4.97. The van der Waals surface area contributed by atoms with Crippen LogP contribution in [0.2, 0.25) is 0 Å². The summed E-state index contributed by atoms with van der Waals surface area (Å²) in [5.41, 5.74) is 3.86. The number of aromatic nitrogens is 4. The van der Waals surface area contributed by atoms with E-state index in [9.17, 15) is 5.26 Å². The summed E-state index contributed by atoms with van der Waals surface area (Å²) in [6.45, 7) is 2.09. The third-order valence-electron chi connectivity index (χ3n) is 3.34. The summed E-state index contributed by atoms with van der Waals surface area (Å²) in [7, 11) is 0. The average molecular weight is 374 g/mol. The predicted octanol–water partition coefficient (Wildman–Crippen LogP) is 3.71. The van der Waals surface area contributed by atoms with Crippen LogP contribution in [0.4, 0.5) is 0 Å². The molecule has 0 N–H and O–H groups in total. The highest BCUT2D eigenvalue weighted by molar-refractivity contribution is 9.10. The molecule has 0 aromatic carbocycles. The lowest BCUT2D eigenvalue weighted by molar-refractivity contribution is 0.960. The van der Waals surface area contributed by atoms with Gasteiger partial charge in [0.2, 0.25) is 0 Å². The van der Waals surface area contributed by atoms with Crippen molar-refractivity contribution < 1.29 is 0 Å². The van der Waals surface area contributed by atoms with Gasteiger partial charge in [0.05, 0.1) is 17.5 Å². The monoisotopic (exact) mass is 373 g/mol. The summed E-state index contributed by atoms with van der Waals surface area (Å²) in [5.74, 6) is 0. The van der Waals surface area contributed by atoms with Crippen LogP contribution in [0.15, 0.2) is 34.3 Å². The van der Waals surface area contributed by atoms with Gasteiger partial charge >= 0.3 is 0 Å². The number of nitrogens with zero attached hydrogens (tertiary/aromatic N) is 5. The first-order valence-electron chi connectivity index (χ1n) is 6.65. The molecule has 0 amide bonds. The van der Waals surface area contributed by atoms with Crippen LogP contribution in [0, 0.1) is 11.3 Å². The topological polar surface area (TPSA) is 66.9 Å². The molecule has 3 rings (SSSR count). The van der Waals surface area contributed by atoms with E-state index in [0.717, 1.165) is 27.8 Å². The Balaban J connectivity index is 2.32. The summed E-state index contributed by atoms with van der Waals surface area (Å²) in [6.07, 6.45) is 8.05. The third-order valence-corrected chi connectivity index (χ3v) is 4.34. The lowest BCUT2D eigenvalue weighted by Gasteiger charge is -2.07. The minimum Gasteiger partial charge on any atom is -0.297 e. The molecule has 22 heavy (non-hydrogen) atoms. The second-order valence-corrected chi connectivity index (χ2v) is 6.29. The Hall–Kier alpha value is -1.91. The van der Waals surface area contributed by atoms with Crippen molar-refractivity contribution in [2.75, 3.05) is 6.26 Å². The lowest BCUT2D eigenvalue weighted by Crippen LogP contribution is -1.98. The molecule has 0 aliphatic carbocycles. The van der Waals surface area contributed by atoms with E-state index >= 15 is 0 Å². The van der Waals surface area contributed by atoms with Gasteiger partial charge in [-0.3, -0.25) is 4.40 Å². The van der Waals surface area contributed by atoms with Crippen molar-refractivity contribution in [1.82, 2.24) is 19.4 Å². The standard InChI is InChI=1S/C15H12BrN5S/c1-3-9-4-11(16)8-21-12(7-18-14(9)21)13-10(5-17)6-19-15(20-13)22-2/h4,6-8H,3H2,1-2H3. The normalized spacial score (nSPS) is 10.8. The van der Waals surface area contributed by atoms with Crippen molar-refractivity contribution in [2.24, 2.45) is 0 Å². The smallest absolute Gasteiger partial charge is 0.187 e. The molecule has 3 heterocycles. The van der Waals surface area contributed by atoms with Gasteiger partial charge in [-0.2, -0.15) is 5.26 Å². The molecule has 0 saturated heterocycles. The number of hydrogen-bond acceptors (Lipinski definition) is 5. The Labute approximate surface area is 140 Å². The number of rotatable bonds is 3. The number of fused-ring (bicyclic) bond motifs is 1. The number of pyridine rings is 1. The maximum Gasteiger partial charge on any atom is 0.187 e. The summed E-state index contributed by atoms with van der Waals surface area (Å²) in [4.78, 5) is 13.2. The number of thioether (sulfide) groups is 1. The maximum absolute atomic E-state index is 9.33. The third kappa shape index (κ3) is 2.49. The van der Waals surface area contributed by atoms with E-state index in [0.29, 0.717) is 16.4 Å². The molecule has 0 unspecified atom stereocenters. The van der Waals surface area contributed by atoms with Crippen LogP contribution >= 0.6 is 27.7 Å². The van der Waals surface area contributed by atoms with Crippen molar-refractivity contribution in [1.29, 1.82) is 5.26 Å². The summed E-state index contributed by atoms with van der Waals surface area (Å²) in [6, 6.07) is 4.22. The zero-order chi connectivity index (χ0) is 15.7. The Morgan fingerprint density at radius 1 is 1.36 bits per heavy atom. The number of aryl methyl sites for hydroxylation is 1. The Morgan fingerprint density at radius 2 is 2.18 bits per heavy atom. The molecule has 0 aliphatic heterocycles. The first kappa shape index (κ1) is 15.0. The van der Waals surface area contributed by atoms with E-state index in [2.05, 4.69) is 49.9 Å². The molecule has 110 valence electrons. The SMILES string of the molecule is CCc1cc(Br)cn2c(-c3nc(SC)ncc3C#N)cnc12. The van der Waals surface area contributed by atoms with E-state index in [1.165, 1.54) is 11.8 Å². The van der Waals surface area contributed by atoms with Crippen molar-refractivity contribution in [3.05, 3.63) is 40.3 Å². The Kier molecular flexibility index (Phi) is 4.14. The van der Waals surface area contributed by atoms with Crippen molar-refractivity contribution in [2.45, 2.75) is 18.5 Å². The molecule has 0 atom stereocenters. The quantitative estimate of drug-likeness (QED) is 0.517. The van der Waals surface area contributed by atoms with Gasteiger partial charge in [0.15, 0.2) is 5.16 Å². The molecule has 3 aromatic heterocycles. The summed E-state index contributed by atoms with van der Waals surface area (Å²) in [5, 5.41) is 9.97. The second kappa shape index (κ2) is 6.07. The number of nitriles is 1. The molecule has 5 nitrogen and oxygen atoms in total. The van der Waals surface area contributed by atoms with Gasteiger partial charge in [0.1, 0.15) is 17.4 Å². The van der Waals surface area contributed by atoms with Gasteiger partial charge < -0.3 is 0 Å². The molecular formula is C15H12BrN5S. The van der Waals surface area contributed by atoms with Crippen LogP contribution in [0.3, 0.4) is 0 Å². The molecule has 0 spiro atoms. The molecule has 0 fully saturated rings. The molecule has 3 aromatic rings. The van der Waals surface area contributed by atoms with E-state index < -0.39 is 0 Å². The highest BCUT2D eigenvalue weighted by atomic mass is 79.9. The fourth-order valence-electron chi connectivity index (χ4n) is 2.30. The van der Waals surface area contributed by atoms with Gasteiger partial charge in [0, 0.05) is 16.9 Å². The maximum atomic E-state index is 9.33. The van der Waals surface area contributed by atoms with Crippen LogP contribution in [-0.2, 0) is 6.42 Å². The van der Waals surface area contributed by atoms with Gasteiger partial charge in [-0.15, -0.1) is 0 Å². The highest BCUT2D eigenvalue weighted by Gasteiger charge is 2.15. The first-order valence-corrected chi connectivity index (χ1v) is 8.66. The van der Waals surface area contributed by atoms with E-state index in [1.54, 1.807) is 12.4 Å². The van der Waals surface area contributed by atoms with Gasteiger partial charge in [0.25, 0.3) is 0 Å². The molecule has 0 bridgehead atoms. The van der Waals surface area contributed by atoms with Crippen molar-refractivity contribution in [3.63, 3.8) is 0 Å². The zero-order valence-electron chi connectivity index (χ0n) is 12.0.